The first-order valence-corrected chi connectivity index (χ1v) is 8.94. The average molecular weight is 396 g/mol. The highest BCUT2D eigenvalue weighted by molar-refractivity contribution is 6.51. The minimum Gasteiger partial charge on any atom is -0.394 e. The molecule has 0 bridgehead atoms. The van der Waals surface area contributed by atoms with Crippen LogP contribution in [0.15, 0.2) is 82.1 Å². The summed E-state index contributed by atoms with van der Waals surface area (Å²) in [5.74, 6) is 0. The topological polar surface area (TPSA) is 67.2 Å². The molecular formula is C21H22ClN5O. The molecule has 0 amide bonds. The summed E-state index contributed by atoms with van der Waals surface area (Å²) < 4.78 is 3.97. The van der Waals surface area contributed by atoms with Crippen molar-refractivity contribution in [1.29, 1.82) is 0 Å². The van der Waals surface area contributed by atoms with Gasteiger partial charge in [0, 0.05) is 17.8 Å². The standard InChI is InChI=1S/C21H21N5O.ClH/c1-16-21(18-9-5-6-10-19(18)22-16)24-23-20-11-12-25(13-14-27)26(20)15-17-7-3-2-4-8-17;/h2-12,27H,13-15H2,1H3;1H. The number of aliphatic hydroxyl groups is 1. The maximum Gasteiger partial charge on any atom is 0.171 e. The molecule has 4 rings (SSSR count). The number of fused-ring (bicyclic) bond motifs is 1. The zero-order valence-corrected chi connectivity index (χ0v) is 16.4. The number of nitrogens with zero attached hydrogens (tertiary/aromatic N) is 5. The summed E-state index contributed by atoms with van der Waals surface area (Å²) in [4.78, 5) is 4.55. The smallest absolute Gasteiger partial charge is 0.171 e. The molecule has 2 aromatic carbocycles. The number of aromatic nitrogens is 2. The van der Waals surface area contributed by atoms with Gasteiger partial charge in [0.05, 0.1) is 31.1 Å². The van der Waals surface area contributed by atoms with Crippen molar-refractivity contribution in [2.75, 3.05) is 6.61 Å². The van der Waals surface area contributed by atoms with E-state index in [1.54, 1.807) is 0 Å². The van der Waals surface area contributed by atoms with Gasteiger partial charge in [0.2, 0.25) is 0 Å². The molecule has 1 aromatic heterocycles. The highest BCUT2D eigenvalue weighted by Gasteiger charge is 2.18. The molecule has 0 spiro atoms. The van der Waals surface area contributed by atoms with Gasteiger partial charge in [-0.05, 0) is 18.6 Å². The summed E-state index contributed by atoms with van der Waals surface area (Å²) in [7, 11) is 0. The van der Waals surface area contributed by atoms with Crippen molar-refractivity contribution in [1.82, 2.24) is 9.36 Å². The Bertz CT molecular complexity index is 1080. The van der Waals surface area contributed by atoms with E-state index in [0.717, 1.165) is 33.7 Å². The van der Waals surface area contributed by atoms with Gasteiger partial charge < -0.3 is 5.11 Å². The van der Waals surface area contributed by atoms with E-state index in [-0.39, 0.29) is 19.0 Å². The SMILES string of the molecule is CC1=Nc2ccccc2C1=NN=c1ccn(CCO)n1Cc1ccccc1.Cl. The second-order valence-corrected chi connectivity index (χ2v) is 6.37. The van der Waals surface area contributed by atoms with Gasteiger partial charge in [-0.15, -0.1) is 22.6 Å². The Labute approximate surface area is 169 Å². The van der Waals surface area contributed by atoms with E-state index in [0.29, 0.717) is 13.1 Å². The van der Waals surface area contributed by atoms with Crippen molar-refractivity contribution in [3.05, 3.63) is 83.5 Å². The van der Waals surface area contributed by atoms with Crippen LogP contribution >= 0.6 is 12.4 Å². The summed E-state index contributed by atoms with van der Waals surface area (Å²) in [6.45, 7) is 3.17. The summed E-state index contributed by atoms with van der Waals surface area (Å²) in [5.41, 5.74) is 5.49. The lowest BCUT2D eigenvalue weighted by Crippen LogP contribution is -2.25. The molecule has 0 saturated heterocycles. The zero-order chi connectivity index (χ0) is 18.6. The van der Waals surface area contributed by atoms with Gasteiger partial charge in [-0.1, -0.05) is 48.5 Å². The van der Waals surface area contributed by atoms with E-state index in [4.69, 9.17) is 0 Å². The zero-order valence-electron chi connectivity index (χ0n) is 15.6. The molecule has 7 heteroatoms. The van der Waals surface area contributed by atoms with Crippen molar-refractivity contribution in [2.45, 2.75) is 20.0 Å². The molecule has 3 aromatic rings. The van der Waals surface area contributed by atoms with Crippen molar-refractivity contribution < 1.29 is 5.11 Å². The van der Waals surface area contributed by atoms with Crippen LogP contribution in [0.2, 0.25) is 0 Å². The molecule has 144 valence electrons. The maximum atomic E-state index is 9.36. The number of hydrogen-bond donors (Lipinski definition) is 1. The molecule has 0 fully saturated rings. The van der Waals surface area contributed by atoms with E-state index in [2.05, 4.69) is 27.3 Å². The molecule has 0 atom stereocenters. The molecule has 2 heterocycles. The average Bonchev–Trinajstić information content (AvgIpc) is 3.21. The number of aliphatic hydroxyl groups excluding tert-OH is 1. The van der Waals surface area contributed by atoms with Gasteiger partial charge in [-0.25, -0.2) is 0 Å². The molecule has 28 heavy (non-hydrogen) atoms. The maximum absolute atomic E-state index is 9.36. The van der Waals surface area contributed by atoms with Crippen molar-refractivity contribution in [3.63, 3.8) is 0 Å². The summed E-state index contributed by atoms with van der Waals surface area (Å²) in [5, 5.41) is 18.4. The molecule has 1 N–H and O–H groups in total. The minimum absolute atomic E-state index is 0. The predicted molar refractivity (Wildman–Crippen MR) is 114 cm³/mol. The van der Waals surface area contributed by atoms with Crippen LogP contribution in [0.4, 0.5) is 5.69 Å². The lowest BCUT2D eigenvalue weighted by atomic mass is 10.1. The van der Waals surface area contributed by atoms with Crippen LogP contribution in [0.5, 0.6) is 0 Å². The monoisotopic (exact) mass is 395 g/mol. The number of benzene rings is 2. The first-order valence-electron chi connectivity index (χ1n) is 8.94. The number of rotatable bonds is 5. The molecule has 1 aliphatic heterocycles. The van der Waals surface area contributed by atoms with Gasteiger partial charge in [0.15, 0.2) is 5.49 Å². The first kappa shape index (κ1) is 19.8. The van der Waals surface area contributed by atoms with Gasteiger partial charge in [-0.3, -0.25) is 14.4 Å². The van der Waals surface area contributed by atoms with Gasteiger partial charge in [0.25, 0.3) is 0 Å². The highest BCUT2D eigenvalue weighted by atomic mass is 35.5. The summed E-state index contributed by atoms with van der Waals surface area (Å²) in [6, 6.07) is 20.0. The van der Waals surface area contributed by atoms with Crippen molar-refractivity contribution in [3.8, 4) is 0 Å². The van der Waals surface area contributed by atoms with Crippen LogP contribution in [0.3, 0.4) is 0 Å². The van der Waals surface area contributed by atoms with E-state index in [1.165, 1.54) is 0 Å². The van der Waals surface area contributed by atoms with Crippen LogP contribution in [0.1, 0.15) is 18.1 Å². The molecule has 1 aliphatic rings. The minimum atomic E-state index is 0. The number of para-hydroxylation sites is 1. The highest BCUT2D eigenvalue weighted by Crippen LogP contribution is 2.26. The van der Waals surface area contributed by atoms with E-state index in [1.807, 2.05) is 71.0 Å². The Kier molecular flexibility index (Phi) is 6.23. The Morgan fingerprint density at radius 1 is 0.964 bits per heavy atom. The second-order valence-electron chi connectivity index (χ2n) is 6.37. The fourth-order valence-corrected chi connectivity index (χ4v) is 3.19. The van der Waals surface area contributed by atoms with Gasteiger partial charge in [-0.2, -0.15) is 0 Å². The summed E-state index contributed by atoms with van der Waals surface area (Å²) >= 11 is 0. The molecule has 0 saturated carbocycles. The van der Waals surface area contributed by atoms with Crippen LogP contribution in [0.25, 0.3) is 0 Å². The third-order valence-electron chi connectivity index (χ3n) is 4.52. The molecule has 0 radical (unpaired) electrons. The van der Waals surface area contributed by atoms with E-state index in [9.17, 15) is 5.11 Å². The molecule has 0 aliphatic carbocycles. The summed E-state index contributed by atoms with van der Waals surface area (Å²) in [6.07, 6.45) is 1.92. The Morgan fingerprint density at radius 3 is 2.50 bits per heavy atom. The fourth-order valence-electron chi connectivity index (χ4n) is 3.19. The normalized spacial score (nSPS) is 14.7. The van der Waals surface area contributed by atoms with Gasteiger partial charge >= 0.3 is 0 Å². The predicted octanol–water partition coefficient (Wildman–Crippen LogP) is 3.16. The number of hydrogen-bond acceptors (Lipinski definition) is 4. The van der Waals surface area contributed by atoms with Crippen LogP contribution < -0.4 is 5.49 Å². The third-order valence-corrected chi connectivity index (χ3v) is 4.52. The number of aliphatic imine (C=N–C) groups is 1. The van der Waals surface area contributed by atoms with E-state index >= 15 is 0 Å². The van der Waals surface area contributed by atoms with E-state index < -0.39 is 0 Å². The first-order chi connectivity index (χ1) is 13.3. The lowest BCUT2D eigenvalue weighted by Gasteiger charge is -2.11. The Balaban J connectivity index is 0.00000225. The van der Waals surface area contributed by atoms with Crippen molar-refractivity contribution in [2.24, 2.45) is 15.2 Å². The fraction of sp³-hybridized carbons (Fsp3) is 0.190. The molecule has 6 nitrogen and oxygen atoms in total. The van der Waals surface area contributed by atoms with Crippen LogP contribution in [-0.4, -0.2) is 32.5 Å². The third kappa shape index (κ3) is 3.98. The molecule has 0 unspecified atom stereocenters. The number of halogens is 1. The largest absolute Gasteiger partial charge is 0.394 e. The quantitative estimate of drug-likeness (QED) is 0.662. The second kappa shape index (κ2) is 8.82. The Morgan fingerprint density at radius 2 is 1.71 bits per heavy atom. The lowest BCUT2D eigenvalue weighted by molar-refractivity contribution is 0.257. The molecular weight excluding hydrogens is 374 g/mol. The Hall–Kier alpha value is -2.96. The van der Waals surface area contributed by atoms with Crippen molar-refractivity contribution >= 4 is 29.5 Å². The van der Waals surface area contributed by atoms with Crippen LogP contribution in [0, 0.1) is 0 Å². The van der Waals surface area contributed by atoms with Crippen LogP contribution in [-0.2, 0) is 13.1 Å². The van der Waals surface area contributed by atoms with Gasteiger partial charge in [0.1, 0.15) is 5.71 Å².